The summed E-state index contributed by atoms with van der Waals surface area (Å²) in [5.41, 5.74) is 5.76. The van der Waals surface area contributed by atoms with Crippen LogP contribution in [-0.2, 0) is 35.5 Å². The summed E-state index contributed by atoms with van der Waals surface area (Å²) in [6.45, 7) is 6.19. The van der Waals surface area contributed by atoms with Gasteiger partial charge in [-0.25, -0.2) is 9.78 Å². The van der Waals surface area contributed by atoms with Gasteiger partial charge in [-0.3, -0.25) is 0 Å². The number of carbonyl (C=O) groups excluding carboxylic acids is 1. The third-order valence-corrected chi connectivity index (χ3v) is 5.53. The summed E-state index contributed by atoms with van der Waals surface area (Å²) in [5.74, 6) is 0.565. The lowest BCUT2D eigenvalue weighted by Crippen LogP contribution is -2.13. The molecular weight excluding hydrogens is 408 g/mol. The van der Waals surface area contributed by atoms with E-state index < -0.39 is 5.97 Å². The monoisotopic (exact) mass is 436 g/mol. The second-order valence-corrected chi connectivity index (χ2v) is 8.17. The van der Waals surface area contributed by atoms with Gasteiger partial charge in [-0.05, 0) is 23.6 Å². The van der Waals surface area contributed by atoms with E-state index in [4.69, 9.17) is 9.72 Å². The highest BCUT2D eigenvalue weighted by atomic mass is 16.5. The number of imidazole rings is 1. The van der Waals surface area contributed by atoms with Crippen molar-refractivity contribution < 1.29 is 9.53 Å². The number of hydrogen-bond donors (Lipinski definition) is 0. The van der Waals surface area contributed by atoms with Crippen LogP contribution in [0.25, 0.3) is 0 Å². The molecular formula is C29H28N2O2. The molecule has 4 nitrogen and oxygen atoms in total. The number of hydrogen-bond acceptors (Lipinski definition) is 3. The second kappa shape index (κ2) is 10.6. The predicted molar refractivity (Wildman–Crippen MR) is 131 cm³/mol. The number of esters is 1. The summed E-state index contributed by atoms with van der Waals surface area (Å²) >= 11 is 0. The molecule has 0 amide bonds. The van der Waals surface area contributed by atoms with Crippen LogP contribution in [-0.4, -0.2) is 15.5 Å². The first-order chi connectivity index (χ1) is 16.1. The van der Waals surface area contributed by atoms with E-state index >= 15 is 0 Å². The van der Waals surface area contributed by atoms with E-state index in [9.17, 15) is 4.79 Å². The van der Waals surface area contributed by atoms with Gasteiger partial charge >= 0.3 is 5.97 Å². The molecule has 4 rings (SSSR count). The summed E-state index contributed by atoms with van der Waals surface area (Å²) in [5, 5.41) is 0. The minimum absolute atomic E-state index is 0.155. The van der Waals surface area contributed by atoms with Gasteiger partial charge in [0, 0.05) is 25.0 Å². The van der Waals surface area contributed by atoms with E-state index in [0.717, 1.165) is 17.2 Å². The number of carbonyl (C=O) groups is 1. The Morgan fingerprint density at radius 2 is 1.33 bits per heavy atom. The lowest BCUT2D eigenvalue weighted by Gasteiger charge is -2.14. The van der Waals surface area contributed by atoms with Crippen molar-refractivity contribution in [1.82, 2.24) is 9.55 Å². The minimum atomic E-state index is -0.391. The van der Waals surface area contributed by atoms with Crippen LogP contribution >= 0.6 is 0 Å². The Hall–Kier alpha value is -3.92. The Bertz CT molecular complexity index is 1210. The zero-order valence-corrected chi connectivity index (χ0v) is 18.9. The third-order valence-electron chi connectivity index (χ3n) is 5.53. The molecule has 33 heavy (non-hydrogen) atoms. The van der Waals surface area contributed by atoms with Gasteiger partial charge in [0.05, 0.1) is 11.4 Å². The van der Waals surface area contributed by atoms with Crippen LogP contribution in [0.2, 0.25) is 0 Å². The quantitative estimate of drug-likeness (QED) is 0.249. The molecule has 0 saturated heterocycles. The highest BCUT2D eigenvalue weighted by molar-refractivity contribution is 5.86. The Morgan fingerprint density at radius 1 is 0.818 bits per heavy atom. The van der Waals surface area contributed by atoms with E-state index in [0.29, 0.717) is 25.0 Å². The smallest absolute Gasteiger partial charge is 0.333 e. The van der Waals surface area contributed by atoms with Crippen LogP contribution in [0.5, 0.6) is 0 Å². The van der Waals surface area contributed by atoms with Crippen LogP contribution in [0.4, 0.5) is 0 Å². The van der Waals surface area contributed by atoms with Crippen LogP contribution in [0, 0.1) is 0 Å². The minimum Gasteiger partial charge on any atom is -0.456 e. The first-order valence-electron chi connectivity index (χ1n) is 11.1. The van der Waals surface area contributed by atoms with Gasteiger partial charge < -0.3 is 9.30 Å². The number of aromatic nitrogens is 2. The highest BCUT2D eigenvalue weighted by Crippen LogP contribution is 2.22. The first kappa shape index (κ1) is 22.3. The second-order valence-electron chi connectivity index (χ2n) is 8.17. The summed E-state index contributed by atoms with van der Waals surface area (Å²) in [4.78, 5) is 17.3. The molecule has 0 radical (unpaired) electrons. The van der Waals surface area contributed by atoms with Crippen LogP contribution in [0.1, 0.15) is 40.8 Å². The molecule has 0 fully saturated rings. The lowest BCUT2D eigenvalue weighted by molar-refractivity contribution is -0.140. The number of ether oxygens (including phenoxy) is 1. The first-order valence-corrected chi connectivity index (χ1v) is 11.1. The van der Waals surface area contributed by atoms with Gasteiger partial charge in [-0.2, -0.15) is 0 Å². The van der Waals surface area contributed by atoms with Crippen molar-refractivity contribution in [3.05, 3.63) is 137 Å². The van der Waals surface area contributed by atoms with E-state index in [-0.39, 0.29) is 6.61 Å². The van der Waals surface area contributed by atoms with Crippen molar-refractivity contribution in [2.24, 2.45) is 0 Å². The Kier molecular flexibility index (Phi) is 7.16. The standard InChI is InChI=1S/C29H28N2O2/c1-22(2)29(32)33-21-27-26(18-23-12-6-3-7-13-23)30-28(19-24-14-8-4-9-15-24)31(27)20-25-16-10-5-11-17-25/h3-17H,1,18-21H2,2H3. The van der Waals surface area contributed by atoms with E-state index in [1.807, 2.05) is 54.6 Å². The van der Waals surface area contributed by atoms with E-state index in [1.54, 1.807) is 6.92 Å². The van der Waals surface area contributed by atoms with Crippen molar-refractivity contribution in [3.8, 4) is 0 Å². The van der Waals surface area contributed by atoms with Gasteiger partial charge in [0.2, 0.25) is 0 Å². The zero-order valence-electron chi connectivity index (χ0n) is 18.9. The summed E-state index contributed by atoms with van der Waals surface area (Å²) in [7, 11) is 0. The molecule has 1 aromatic heterocycles. The van der Waals surface area contributed by atoms with Crippen LogP contribution in [0.3, 0.4) is 0 Å². The Labute approximate surface area is 195 Å². The fourth-order valence-corrected chi connectivity index (χ4v) is 3.81. The van der Waals surface area contributed by atoms with Crippen molar-refractivity contribution in [2.75, 3.05) is 0 Å². The molecule has 3 aromatic carbocycles. The zero-order chi connectivity index (χ0) is 23.0. The SMILES string of the molecule is C=C(C)C(=O)OCc1c(Cc2ccccc2)nc(Cc2ccccc2)n1Cc1ccccc1. The van der Waals surface area contributed by atoms with Crippen molar-refractivity contribution in [2.45, 2.75) is 32.9 Å². The maximum absolute atomic E-state index is 12.2. The molecule has 0 unspecified atom stereocenters. The molecule has 0 atom stereocenters. The molecule has 166 valence electrons. The maximum atomic E-state index is 12.2. The largest absolute Gasteiger partial charge is 0.456 e. The molecule has 4 aromatic rings. The molecule has 0 saturated carbocycles. The molecule has 4 heteroatoms. The Balaban J connectivity index is 1.76. The molecule has 0 aliphatic rings. The average Bonchev–Trinajstić information content (AvgIpc) is 3.14. The van der Waals surface area contributed by atoms with Gasteiger partial charge in [-0.15, -0.1) is 0 Å². The van der Waals surface area contributed by atoms with Gasteiger partial charge in [0.1, 0.15) is 12.4 Å². The third kappa shape index (κ3) is 5.86. The molecule has 0 bridgehead atoms. The van der Waals surface area contributed by atoms with Crippen LogP contribution < -0.4 is 0 Å². The maximum Gasteiger partial charge on any atom is 0.333 e. The van der Waals surface area contributed by atoms with Gasteiger partial charge in [0.25, 0.3) is 0 Å². The number of rotatable bonds is 9. The molecule has 0 aliphatic carbocycles. The molecule has 1 heterocycles. The number of nitrogens with zero attached hydrogens (tertiary/aromatic N) is 2. The van der Waals surface area contributed by atoms with Crippen molar-refractivity contribution >= 4 is 5.97 Å². The summed E-state index contributed by atoms with van der Waals surface area (Å²) < 4.78 is 7.81. The number of benzene rings is 3. The van der Waals surface area contributed by atoms with E-state index in [1.165, 1.54) is 16.7 Å². The van der Waals surface area contributed by atoms with Crippen molar-refractivity contribution in [1.29, 1.82) is 0 Å². The lowest BCUT2D eigenvalue weighted by atomic mass is 10.1. The normalized spacial score (nSPS) is 10.7. The summed E-state index contributed by atoms with van der Waals surface area (Å²) in [6, 6.07) is 30.9. The fraction of sp³-hybridized carbons (Fsp3) is 0.172. The van der Waals surface area contributed by atoms with Gasteiger partial charge in [0.15, 0.2) is 0 Å². The van der Waals surface area contributed by atoms with Gasteiger partial charge in [-0.1, -0.05) is 97.6 Å². The van der Waals surface area contributed by atoms with Crippen LogP contribution in [0.15, 0.2) is 103 Å². The summed E-state index contributed by atoms with van der Waals surface area (Å²) in [6.07, 6.45) is 1.37. The predicted octanol–water partition coefficient (Wildman–Crippen LogP) is 5.73. The topological polar surface area (TPSA) is 44.1 Å². The fourth-order valence-electron chi connectivity index (χ4n) is 3.81. The highest BCUT2D eigenvalue weighted by Gasteiger charge is 2.20. The molecule has 0 aliphatic heterocycles. The average molecular weight is 437 g/mol. The molecule has 0 N–H and O–H groups in total. The Morgan fingerprint density at radius 3 is 1.88 bits per heavy atom. The van der Waals surface area contributed by atoms with E-state index in [2.05, 4.69) is 47.5 Å². The van der Waals surface area contributed by atoms with Crippen molar-refractivity contribution in [3.63, 3.8) is 0 Å². The molecule has 0 spiro atoms.